The van der Waals surface area contributed by atoms with E-state index in [0.29, 0.717) is 29.9 Å². The van der Waals surface area contributed by atoms with E-state index in [2.05, 4.69) is 6.92 Å². The third-order valence-corrected chi connectivity index (χ3v) is 4.47. The van der Waals surface area contributed by atoms with Crippen molar-refractivity contribution in [2.45, 2.75) is 64.6 Å². The number of benzene rings is 1. The molecular weight excluding hydrogens is 296 g/mol. The Morgan fingerprint density at radius 1 is 1.43 bits per heavy atom. The third-order valence-electron chi connectivity index (χ3n) is 4.47. The summed E-state index contributed by atoms with van der Waals surface area (Å²) in [5, 5.41) is 19.9. The molecule has 0 saturated heterocycles. The van der Waals surface area contributed by atoms with Crippen molar-refractivity contribution in [1.29, 1.82) is 0 Å². The van der Waals surface area contributed by atoms with E-state index in [9.17, 15) is 15.0 Å². The van der Waals surface area contributed by atoms with Gasteiger partial charge in [0, 0.05) is 12.0 Å². The Morgan fingerprint density at radius 2 is 2.13 bits per heavy atom. The van der Waals surface area contributed by atoms with Crippen molar-refractivity contribution in [1.82, 2.24) is 0 Å². The van der Waals surface area contributed by atoms with Crippen LogP contribution in [-0.2, 0) is 12.8 Å². The van der Waals surface area contributed by atoms with Gasteiger partial charge in [-0.05, 0) is 38.3 Å². The third kappa shape index (κ3) is 3.44. The minimum Gasteiger partial charge on any atom is -0.496 e. The highest BCUT2D eigenvalue weighted by molar-refractivity contribution is 5.94. The standard InChI is InChI=1S/C18H26O5/c1-5-6-7-8-11-9-13(22-4)12-10-14(19)18(2,3)23-16(12)15(11)17(20)21/h9,14,19H,5-8,10H2,1-4H3,(H,20,21). The first-order chi connectivity index (χ1) is 10.8. The van der Waals surface area contributed by atoms with E-state index in [0.717, 1.165) is 24.8 Å². The Labute approximate surface area is 137 Å². The Kier molecular flexibility index (Phi) is 5.19. The van der Waals surface area contributed by atoms with E-state index < -0.39 is 17.7 Å². The van der Waals surface area contributed by atoms with Crippen molar-refractivity contribution >= 4 is 5.97 Å². The second-order valence-electron chi connectivity index (χ2n) is 6.61. The van der Waals surface area contributed by atoms with E-state index in [1.165, 1.54) is 0 Å². The monoisotopic (exact) mass is 322 g/mol. The van der Waals surface area contributed by atoms with Gasteiger partial charge in [0.15, 0.2) is 0 Å². The Balaban J connectivity index is 2.56. The lowest BCUT2D eigenvalue weighted by Crippen LogP contribution is -2.47. The first kappa shape index (κ1) is 17.6. The number of aryl methyl sites for hydroxylation is 1. The Bertz CT molecular complexity index is 592. The normalized spacial score (nSPS) is 18.9. The fraction of sp³-hybridized carbons (Fsp3) is 0.611. The average Bonchev–Trinajstić information content (AvgIpc) is 2.47. The summed E-state index contributed by atoms with van der Waals surface area (Å²) in [6.07, 6.45) is 3.32. The number of fused-ring (bicyclic) bond motifs is 1. The molecule has 1 aromatic rings. The smallest absolute Gasteiger partial charge is 0.339 e. The minimum atomic E-state index is -0.998. The highest BCUT2D eigenvalue weighted by atomic mass is 16.5. The van der Waals surface area contributed by atoms with Gasteiger partial charge in [0.2, 0.25) is 0 Å². The molecule has 0 amide bonds. The molecule has 1 heterocycles. The van der Waals surface area contributed by atoms with E-state index in [-0.39, 0.29) is 5.56 Å². The zero-order chi connectivity index (χ0) is 17.2. The summed E-state index contributed by atoms with van der Waals surface area (Å²) in [6, 6.07) is 1.78. The topological polar surface area (TPSA) is 76.0 Å². The molecule has 1 aliphatic rings. The van der Waals surface area contributed by atoms with Crippen molar-refractivity contribution < 1.29 is 24.5 Å². The number of carboxylic acids is 1. The molecule has 5 nitrogen and oxygen atoms in total. The molecule has 5 heteroatoms. The van der Waals surface area contributed by atoms with Crippen LogP contribution in [0.3, 0.4) is 0 Å². The van der Waals surface area contributed by atoms with Gasteiger partial charge in [0.25, 0.3) is 0 Å². The SMILES string of the molecule is CCCCCc1cc(OC)c2c(c1C(=O)O)OC(C)(C)C(O)C2. The molecule has 128 valence electrons. The van der Waals surface area contributed by atoms with Crippen molar-refractivity contribution in [2.75, 3.05) is 7.11 Å². The second kappa shape index (κ2) is 6.79. The molecule has 1 atom stereocenters. The maximum Gasteiger partial charge on any atom is 0.339 e. The summed E-state index contributed by atoms with van der Waals surface area (Å²) >= 11 is 0. The minimum absolute atomic E-state index is 0.205. The molecule has 1 aliphatic heterocycles. The highest BCUT2D eigenvalue weighted by Crippen LogP contribution is 2.43. The zero-order valence-electron chi connectivity index (χ0n) is 14.3. The highest BCUT2D eigenvalue weighted by Gasteiger charge is 2.40. The number of unbranched alkanes of at least 4 members (excludes halogenated alkanes) is 2. The number of carbonyl (C=O) groups is 1. The lowest BCUT2D eigenvalue weighted by molar-refractivity contribution is -0.0424. The Hall–Kier alpha value is -1.75. The second-order valence-corrected chi connectivity index (χ2v) is 6.61. The van der Waals surface area contributed by atoms with Crippen LogP contribution >= 0.6 is 0 Å². The summed E-state index contributed by atoms with van der Waals surface area (Å²) in [5.41, 5.74) is 0.742. The zero-order valence-corrected chi connectivity index (χ0v) is 14.3. The molecule has 1 aromatic carbocycles. The number of aliphatic hydroxyl groups excluding tert-OH is 1. The quantitative estimate of drug-likeness (QED) is 0.787. The number of hydrogen-bond donors (Lipinski definition) is 2. The van der Waals surface area contributed by atoms with E-state index >= 15 is 0 Å². The summed E-state index contributed by atoms with van der Waals surface area (Å²) in [4.78, 5) is 11.8. The van der Waals surface area contributed by atoms with Crippen LogP contribution in [0.4, 0.5) is 0 Å². The van der Waals surface area contributed by atoms with Crippen molar-refractivity contribution in [3.63, 3.8) is 0 Å². The van der Waals surface area contributed by atoms with Crippen LogP contribution in [-0.4, -0.2) is 35.0 Å². The van der Waals surface area contributed by atoms with Gasteiger partial charge in [-0.2, -0.15) is 0 Å². The fourth-order valence-electron chi connectivity index (χ4n) is 2.98. The molecular formula is C18H26O5. The lowest BCUT2D eigenvalue weighted by Gasteiger charge is -2.38. The van der Waals surface area contributed by atoms with Gasteiger partial charge in [-0.1, -0.05) is 19.8 Å². The van der Waals surface area contributed by atoms with Crippen LogP contribution in [0.25, 0.3) is 0 Å². The number of ether oxygens (including phenoxy) is 2. The van der Waals surface area contributed by atoms with Gasteiger partial charge in [0.05, 0.1) is 13.2 Å². The first-order valence-corrected chi connectivity index (χ1v) is 8.15. The van der Waals surface area contributed by atoms with Gasteiger partial charge in [0.1, 0.15) is 22.7 Å². The van der Waals surface area contributed by atoms with Crippen LogP contribution in [0.2, 0.25) is 0 Å². The number of aliphatic hydroxyl groups is 1. The van der Waals surface area contributed by atoms with Crippen molar-refractivity contribution in [3.05, 3.63) is 22.8 Å². The summed E-state index contributed by atoms with van der Waals surface area (Å²) < 4.78 is 11.3. The summed E-state index contributed by atoms with van der Waals surface area (Å²) in [7, 11) is 1.55. The number of rotatable bonds is 6. The molecule has 0 spiro atoms. The lowest BCUT2D eigenvalue weighted by atomic mass is 9.87. The molecule has 0 aliphatic carbocycles. The van der Waals surface area contributed by atoms with Crippen LogP contribution < -0.4 is 9.47 Å². The van der Waals surface area contributed by atoms with Gasteiger partial charge < -0.3 is 19.7 Å². The van der Waals surface area contributed by atoms with Gasteiger partial charge >= 0.3 is 5.97 Å². The van der Waals surface area contributed by atoms with Gasteiger partial charge in [-0.25, -0.2) is 4.79 Å². The summed E-state index contributed by atoms with van der Waals surface area (Å²) in [5.74, 6) is -0.0627. The molecule has 0 radical (unpaired) electrons. The number of carboxylic acid groups (broad SMARTS) is 1. The molecule has 2 rings (SSSR count). The largest absolute Gasteiger partial charge is 0.496 e. The molecule has 0 bridgehead atoms. The van der Waals surface area contributed by atoms with Crippen LogP contribution in [0.5, 0.6) is 11.5 Å². The van der Waals surface area contributed by atoms with Gasteiger partial charge in [-0.3, -0.25) is 0 Å². The molecule has 2 N–H and O–H groups in total. The molecule has 0 fully saturated rings. The van der Waals surface area contributed by atoms with Crippen molar-refractivity contribution in [3.8, 4) is 11.5 Å². The van der Waals surface area contributed by atoms with E-state index in [1.807, 2.05) is 0 Å². The van der Waals surface area contributed by atoms with Gasteiger partial charge in [-0.15, -0.1) is 0 Å². The molecule has 1 unspecified atom stereocenters. The summed E-state index contributed by atoms with van der Waals surface area (Å²) in [6.45, 7) is 5.64. The average molecular weight is 322 g/mol. The van der Waals surface area contributed by atoms with E-state index in [4.69, 9.17) is 9.47 Å². The maximum atomic E-state index is 11.8. The molecule has 0 saturated carbocycles. The number of methoxy groups -OCH3 is 1. The Morgan fingerprint density at radius 3 is 2.70 bits per heavy atom. The molecule has 23 heavy (non-hydrogen) atoms. The fourth-order valence-corrected chi connectivity index (χ4v) is 2.98. The van der Waals surface area contributed by atoms with Crippen LogP contribution in [0.1, 0.15) is 61.5 Å². The maximum absolute atomic E-state index is 11.8. The predicted molar refractivity (Wildman–Crippen MR) is 87.6 cm³/mol. The van der Waals surface area contributed by atoms with Crippen LogP contribution in [0, 0.1) is 0 Å². The van der Waals surface area contributed by atoms with E-state index in [1.54, 1.807) is 27.0 Å². The first-order valence-electron chi connectivity index (χ1n) is 8.15. The van der Waals surface area contributed by atoms with Crippen LogP contribution in [0.15, 0.2) is 6.07 Å². The number of aromatic carboxylic acids is 1. The number of hydrogen-bond acceptors (Lipinski definition) is 4. The van der Waals surface area contributed by atoms with Crippen molar-refractivity contribution in [2.24, 2.45) is 0 Å². The molecule has 0 aromatic heterocycles. The predicted octanol–water partition coefficient (Wildman–Crippen LogP) is 3.20.